The summed E-state index contributed by atoms with van der Waals surface area (Å²) < 4.78 is 42.4. The second kappa shape index (κ2) is 6.39. The monoisotopic (exact) mass is 371 g/mol. The maximum absolute atomic E-state index is 14.2. The molecule has 3 rings (SSSR count). The lowest BCUT2D eigenvalue weighted by Gasteiger charge is -2.08. The molecule has 0 aromatic heterocycles. The molecule has 0 spiro atoms. The molecule has 0 aliphatic carbocycles. The number of benzene rings is 2. The number of carbonyl (C=O) groups is 1. The molecular formula is C19H14FNO4S. The van der Waals surface area contributed by atoms with E-state index in [9.17, 15) is 22.9 Å². The van der Waals surface area contributed by atoms with Crippen molar-refractivity contribution in [3.63, 3.8) is 0 Å². The molecule has 132 valence electrons. The maximum atomic E-state index is 14.2. The Kier molecular flexibility index (Phi) is 4.38. The Morgan fingerprint density at radius 2 is 1.85 bits per heavy atom. The van der Waals surface area contributed by atoms with Gasteiger partial charge < -0.3 is 4.74 Å². The lowest BCUT2D eigenvalue weighted by atomic mass is 9.94. The Hall–Kier alpha value is -2.98. The largest absolute Gasteiger partial charge is 0.457 e. The Morgan fingerprint density at radius 1 is 1.15 bits per heavy atom. The van der Waals surface area contributed by atoms with E-state index in [1.54, 1.807) is 25.1 Å². The highest BCUT2D eigenvalue weighted by Gasteiger charge is 2.28. The van der Waals surface area contributed by atoms with Crippen LogP contribution in [0.4, 0.5) is 4.39 Å². The minimum absolute atomic E-state index is 0.0540. The van der Waals surface area contributed by atoms with E-state index in [4.69, 9.17) is 4.74 Å². The first-order valence-electron chi connectivity index (χ1n) is 7.63. The number of aryl methyl sites for hydroxylation is 1. The Labute approximate surface area is 150 Å². The summed E-state index contributed by atoms with van der Waals surface area (Å²) in [6.45, 7) is 1.73. The summed E-state index contributed by atoms with van der Waals surface area (Å²) in [5.74, 6) is -1.46. The van der Waals surface area contributed by atoms with Gasteiger partial charge in [-0.15, -0.1) is 0 Å². The van der Waals surface area contributed by atoms with Crippen LogP contribution in [-0.4, -0.2) is 27.2 Å². The molecule has 0 fully saturated rings. The van der Waals surface area contributed by atoms with Gasteiger partial charge in [0.1, 0.15) is 17.3 Å². The molecule has 0 atom stereocenters. The summed E-state index contributed by atoms with van der Waals surface area (Å²) in [5.41, 5.74) is 2.74. The Morgan fingerprint density at radius 3 is 2.46 bits per heavy atom. The fraction of sp³-hybridized carbons (Fsp3) is 0.158. The first-order valence-corrected chi connectivity index (χ1v) is 9.53. The summed E-state index contributed by atoms with van der Waals surface area (Å²) in [6.07, 6.45) is 0.924. The van der Waals surface area contributed by atoms with Crippen LogP contribution in [0.15, 0.2) is 41.3 Å². The second-order valence-corrected chi connectivity index (χ2v) is 7.97. The topological polar surface area (TPSA) is 84.2 Å². The highest BCUT2D eigenvalue weighted by atomic mass is 32.2. The number of halogens is 1. The molecular weight excluding hydrogens is 357 g/mol. The summed E-state index contributed by atoms with van der Waals surface area (Å²) in [4.78, 5) is 11.8. The molecule has 5 nitrogen and oxygen atoms in total. The van der Waals surface area contributed by atoms with Gasteiger partial charge in [-0.05, 0) is 41.8 Å². The fourth-order valence-corrected chi connectivity index (χ4v) is 3.54. The zero-order valence-corrected chi connectivity index (χ0v) is 14.9. The third-order valence-corrected chi connectivity index (χ3v) is 5.31. The predicted octanol–water partition coefficient (Wildman–Crippen LogP) is 2.88. The third kappa shape index (κ3) is 3.11. The molecule has 0 unspecified atom stereocenters. The normalized spacial score (nSPS) is 14.3. The van der Waals surface area contributed by atoms with Crippen LogP contribution >= 0.6 is 0 Å². The average molecular weight is 371 g/mol. The molecule has 7 heteroatoms. The minimum Gasteiger partial charge on any atom is -0.457 e. The second-order valence-electron chi connectivity index (χ2n) is 5.99. The molecule has 26 heavy (non-hydrogen) atoms. The van der Waals surface area contributed by atoms with E-state index in [0.717, 1.165) is 17.9 Å². The SMILES string of the molecule is Cc1ccc(C2=C(c3ccc(S(C)(=O)=O)c(F)c3)COC2=O)cc1C#N. The third-order valence-electron chi connectivity index (χ3n) is 4.18. The van der Waals surface area contributed by atoms with Crippen molar-refractivity contribution in [3.05, 3.63) is 64.5 Å². The molecule has 1 aliphatic rings. The number of sulfone groups is 1. The van der Waals surface area contributed by atoms with Crippen LogP contribution in [0.5, 0.6) is 0 Å². The standard InChI is InChI=1S/C19H14FNO4S/c1-11-3-4-13(7-14(11)9-21)18-15(10-25-19(18)22)12-5-6-17(16(20)8-12)26(2,23)24/h3-8H,10H2,1-2H3. The van der Waals surface area contributed by atoms with Crippen molar-refractivity contribution < 1.29 is 22.3 Å². The van der Waals surface area contributed by atoms with Gasteiger partial charge in [-0.2, -0.15) is 5.26 Å². The van der Waals surface area contributed by atoms with Gasteiger partial charge in [0.05, 0.1) is 17.2 Å². The molecule has 0 bridgehead atoms. The van der Waals surface area contributed by atoms with Crippen LogP contribution in [0, 0.1) is 24.1 Å². The number of nitriles is 1. The van der Waals surface area contributed by atoms with Crippen LogP contribution < -0.4 is 0 Å². The van der Waals surface area contributed by atoms with Crippen LogP contribution in [-0.2, 0) is 19.4 Å². The van der Waals surface area contributed by atoms with Crippen molar-refractivity contribution in [2.75, 3.05) is 12.9 Å². The van der Waals surface area contributed by atoms with E-state index in [1.165, 1.54) is 12.1 Å². The van der Waals surface area contributed by atoms with Gasteiger partial charge in [-0.25, -0.2) is 17.6 Å². The fourth-order valence-electron chi connectivity index (χ4n) is 2.81. The first-order chi connectivity index (χ1) is 12.2. The van der Waals surface area contributed by atoms with Crippen molar-refractivity contribution in [1.29, 1.82) is 5.26 Å². The van der Waals surface area contributed by atoms with Crippen LogP contribution in [0.1, 0.15) is 22.3 Å². The lowest BCUT2D eigenvalue weighted by Crippen LogP contribution is -2.02. The van der Waals surface area contributed by atoms with Crippen LogP contribution in [0.2, 0.25) is 0 Å². The van der Waals surface area contributed by atoms with Crippen LogP contribution in [0.25, 0.3) is 11.1 Å². The molecule has 0 saturated carbocycles. The zero-order chi connectivity index (χ0) is 19.1. The Bertz CT molecular complexity index is 1110. The van der Waals surface area contributed by atoms with E-state index in [0.29, 0.717) is 22.3 Å². The van der Waals surface area contributed by atoms with Crippen LogP contribution in [0.3, 0.4) is 0 Å². The van der Waals surface area contributed by atoms with Gasteiger partial charge >= 0.3 is 5.97 Å². The van der Waals surface area contributed by atoms with Gasteiger partial charge in [0, 0.05) is 11.8 Å². The summed E-state index contributed by atoms with van der Waals surface area (Å²) >= 11 is 0. The average Bonchev–Trinajstić information content (AvgIpc) is 2.96. The highest BCUT2D eigenvalue weighted by Crippen LogP contribution is 2.34. The zero-order valence-electron chi connectivity index (χ0n) is 14.0. The molecule has 0 amide bonds. The van der Waals surface area contributed by atoms with Gasteiger partial charge in [-0.3, -0.25) is 0 Å². The molecule has 0 radical (unpaired) electrons. The van der Waals surface area contributed by atoms with E-state index in [1.807, 2.05) is 0 Å². The van der Waals surface area contributed by atoms with Gasteiger partial charge in [0.2, 0.25) is 0 Å². The van der Waals surface area contributed by atoms with Crippen molar-refractivity contribution in [2.24, 2.45) is 0 Å². The molecule has 0 saturated heterocycles. The number of esters is 1. The number of hydrogen-bond acceptors (Lipinski definition) is 5. The number of rotatable bonds is 3. The molecule has 1 aliphatic heterocycles. The predicted molar refractivity (Wildman–Crippen MR) is 93.2 cm³/mol. The van der Waals surface area contributed by atoms with Crippen molar-refractivity contribution >= 4 is 27.0 Å². The molecule has 0 N–H and O–H groups in total. The van der Waals surface area contributed by atoms with E-state index < -0.39 is 26.5 Å². The molecule has 1 heterocycles. The summed E-state index contributed by atoms with van der Waals surface area (Å²) in [7, 11) is -3.69. The highest BCUT2D eigenvalue weighted by molar-refractivity contribution is 7.90. The van der Waals surface area contributed by atoms with Gasteiger partial charge in [-0.1, -0.05) is 18.2 Å². The van der Waals surface area contributed by atoms with E-state index in [2.05, 4.69) is 6.07 Å². The maximum Gasteiger partial charge on any atom is 0.339 e. The van der Waals surface area contributed by atoms with Gasteiger partial charge in [0.25, 0.3) is 0 Å². The number of carbonyl (C=O) groups excluding carboxylic acids is 1. The number of cyclic esters (lactones) is 1. The number of hydrogen-bond donors (Lipinski definition) is 0. The minimum atomic E-state index is -3.69. The van der Waals surface area contributed by atoms with Crippen molar-refractivity contribution in [3.8, 4) is 6.07 Å². The van der Waals surface area contributed by atoms with Crippen molar-refractivity contribution in [1.82, 2.24) is 0 Å². The summed E-state index contributed by atoms with van der Waals surface area (Å²) in [5, 5.41) is 9.19. The molecule has 2 aromatic carbocycles. The number of nitrogens with zero attached hydrogens (tertiary/aromatic N) is 1. The quantitative estimate of drug-likeness (QED) is 0.775. The summed E-state index contributed by atoms with van der Waals surface area (Å²) in [6, 6.07) is 10.7. The smallest absolute Gasteiger partial charge is 0.339 e. The number of ether oxygens (including phenoxy) is 1. The van der Waals surface area contributed by atoms with E-state index >= 15 is 0 Å². The van der Waals surface area contributed by atoms with Crippen molar-refractivity contribution in [2.45, 2.75) is 11.8 Å². The lowest BCUT2D eigenvalue weighted by molar-refractivity contribution is -0.133. The van der Waals surface area contributed by atoms with Gasteiger partial charge in [0.15, 0.2) is 9.84 Å². The van der Waals surface area contributed by atoms with E-state index in [-0.39, 0.29) is 12.2 Å². The Balaban J connectivity index is 2.18. The molecule has 2 aromatic rings. The first kappa shape index (κ1) is 17.8.